The summed E-state index contributed by atoms with van der Waals surface area (Å²) in [6, 6.07) is 6.29. The van der Waals surface area contributed by atoms with E-state index in [0.29, 0.717) is 36.8 Å². The quantitative estimate of drug-likeness (QED) is 0.310. The fourth-order valence-corrected chi connectivity index (χ4v) is 5.07. The average molecular weight is 504 g/mol. The van der Waals surface area contributed by atoms with Crippen molar-refractivity contribution in [1.29, 1.82) is 0 Å². The molecule has 0 bridgehead atoms. The zero-order valence-electron chi connectivity index (χ0n) is 18.4. The molecule has 4 heterocycles. The van der Waals surface area contributed by atoms with E-state index in [1.807, 2.05) is 4.90 Å². The summed E-state index contributed by atoms with van der Waals surface area (Å²) >= 11 is 1.01. The van der Waals surface area contributed by atoms with Crippen LogP contribution in [0.3, 0.4) is 0 Å². The van der Waals surface area contributed by atoms with Crippen molar-refractivity contribution in [2.75, 3.05) is 37.7 Å². The standard InChI is InChI=1S/C22H19F3N6O3S/c1-2-34-19-18-17(28-21(29-19)30-8-6-26-7-9-30)16-14(22(23,24)25)11-15(27-20(16)35-18)12-4-3-5-13(10-12)31(32)33/h3-5,10-11,26H,2,6-9H2,1H3. The van der Waals surface area contributed by atoms with Crippen LogP contribution in [0.25, 0.3) is 31.7 Å². The van der Waals surface area contributed by atoms with Crippen LogP contribution < -0.4 is 15.0 Å². The second-order valence-electron chi connectivity index (χ2n) is 7.82. The number of fused-ring (bicyclic) bond motifs is 3. The van der Waals surface area contributed by atoms with Crippen molar-refractivity contribution in [1.82, 2.24) is 20.3 Å². The van der Waals surface area contributed by atoms with Crippen LogP contribution >= 0.6 is 11.3 Å². The van der Waals surface area contributed by atoms with Crippen molar-refractivity contribution in [2.45, 2.75) is 13.1 Å². The summed E-state index contributed by atoms with van der Waals surface area (Å²) in [6.45, 7) is 4.68. The highest BCUT2D eigenvalue weighted by Gasteiger charge is 2.36. The van der Waals surface area contributed by atoms with Crippen molar-refractivity contribution in [3.8, 4) is 17.1 Å². The van der Waals surface area contributed by atoms with Gasteiger partial charge >= 0.3 is 6.18 Å². The molecule has 0 aliphatic carbocycles. The van der Waals surface area contributed by atoms with E-state index in [4.69, 9.17) is 4.74 Å². The Morgan fingerprint density at radius 1 is 1.20 bits per heavy atom. The number of hydrogen-bond donors (Lipinski definition) is 1. The number of hydrogen-bond acceptors (Lipinski definition) is 9. The molecule has 1 N–H and O–H groups in total. The van der Waals surface area contributed by atoms with Gasteiger partial charge in [-0.3, -0.25) is 10.1 Å². The van der Waals surface area contributed by atoms with Crippen LogP contribution in [0.1, 0.15) is 12.5 Å². The summed E-state index contributed by atoms with van der Waals surface area (Å²) in [6.07, 6.45) is -4.71. The molecule has 5 rings (SSSR count). The highest BCUT2D eigenvalue weighted by molar-refractivity contribution is 7.25. The Morgan fingerprint density at radius 2 is 1.97 bits per heavy atom. The number of alkyl halides is 3. The lowest BCUT2D eigenvalue weighted by molar-refractivity contribution is -0.384. The fourth-order valence-electron chi connectivity index (χ4n) is 3.99. The third-order valence-electron chi connectivity index (χ3n) is 5.58. The highest BCUT2D eigenvalue weighted by atomic mass is 32.1. The summed E-state index contributed by atoms with van der Waals surface area (Å²) in [5.74, 6) is 0.511. The van der Waals surface area contributed by atoms with Crippen molar-refractivity contribution in [3.05, 3.63) is 46.0 Å². The lowest BCUT2D eigenvalue weighted by Crippen LogP contribution is -2.44. The second kappa shape index (κ2) is 8.89. The molecule has 3 aromatic heterocycles. The van der Waals surface area contributed by atoms with Crippen LogP contribution in [0, 0.1) is 10.1 Å². The summed E-state index contributed by atoms with van der Waals surface area (Å²) in [4.78, 5) is 26.1. The van der Waals surface area contributed by atoms with Gasteiger partial charge in [-0.25, -0.2) is 9.97 Å². The number of nitrogens with zero attached hydrogens (tertiary/aromatic N) is 5. The number of pyridine rings is 1. The molecule has 4 aromatic rings. The molecule has 1 aliphatic heterocycles. The number of piperazine rings is 1. The summed E-state index contributed by atoms with van der Waals surface area (Å²) in [5, 5.41) is 14.3. The van der Waals surface area contributed by atoms with Gasteiger partial charge in [0, 0.05) is 43.9 Å². The number of thiophene rings is 1. The van der Waals surface area contributed by atoms with E-state index in [-0.39, 0.29) is 45.2 Å². The van der Waals surface area contributed by atoms with E-state index in [2.05, 4.69) is 20.3 Å². The van der Waals surface area contributed by atoms with Gasteiger partial charge in [0.2, 0.25) is 11.8 Å². The molecule has 1 fully saturated rings. The molecule has 1 aliphatic rings. The fraction of sp³-hybridized carbons (Fsp3) is 0.318. The molecule has 0 radical (unpaired) electrons. The van der Waals surface area contributed by atoms with Crippen molar-refractivity contribution in [3.63, 3.8) is 0 Å². The Bertz CT molecular complexity index is 1440. The number of nitro benzene ring substituents is 1. The molecule has 13 heteroatoms. The number of non-ortho nitro benzene ring substituents is 1. The number of nitro groups is 1. The summed E-state index contributed by atoms with van der Waals surface area (Å²) in [5.41, 5.74) is -0.834. The van der Waals surface area contributed by atoms with E-state index in [9.17, 15) is 23.3 Å². The first kappa shape index (κ1) is 23.2. The van der Waals surface area contributed by atoms with E-state index < -0.39 is 16.7 Å². The normalized spacial score (nSPS) is 14.6. The number of benzene rings is 1. The van der Waals surface area contributed by atoms with Crippen LogP contribution in [0.15, 0.2) is 30.3 Å². The molecule has 182 valence electrons. The average Bonchev–Trinajstić information content (AvgIpc) is 3.22. The Labute approximate surface area is 200 Å². The van der Waals surface area contributed by atoms with Gasteiger partial charge in [-0.1, -0.05) is 12.1 Å². The van der Waals surface area contributed by atoms with E-state index in [0.717, 1.165) is 17.4 Å². The SMILES string of the molecule is CCOc1nc(N2CCNCC2)nc2c1sc1nc(-c3cccc([N+](=O)[O-])c3)cc(C(F)(F)F)c12. The molecular formula is C22H19F3N6O3S. The first-order chi connectivity index (χ1) is 16.8. The molecule has 0 amide bonds. The highest BCUT2D eigenvalue weighted by Crippen LogP contribution is 2.45. The number of aromatic nitrogens is 3. The van der Waals surface area contributed by atoms with Crippen molar-refractivity contribution >= 4 is 43.4 Å². The van der Waals surface area contributed by atoms with Gasteiger partial charge in [-0.05, 0) is 13.0 Å². The Hall–Kier alpha value is -3.58. The molecule has 1 saturated heterocycles. The van der Waals surface area contributed by atoms with Gasteiger partial charge in [-0.15, -0.1) is 11.3 Å². The molecule has 1 aromatic carbocycles. The number of halogens is 3. The first-order valence-electron chi connectivity index (χ1n) is 10.8. The predicted octanol–water partition coefficient (Wildman–Crippen LogP) is 4.64. The van der Waals surface area contributed by atoms with Crippen LogP contribution in [-0.2, 0) is 6.18 Å². The molecule has 0 atom stereocenters. The smallest absolute Gasteiger partial charge is 0.417 e. The number of rotatable bonds is 5. The van der Waals surface area contributed by atoms with Crippen molar-refractivity contribution < 1.29 is 22.8 Å². The molecule has 0 spiro atoms. The lowest BCUT2D eigenvalue weighted by Gasteiger charge is -2.27. The first-order valence-corrected chi connectivity index (χ1v) is 11.6. The summed E-state index contributed by atoms with van der Waals surface area (Å²) in [7, 11) is 0. The van der Waals surface area contributed by atoms with E-state index in [1.54, 1.807) is 6.92 Å². The Kier molecular flexibility index (Phi) is 5.89. The van der Waals surface area contributed by atoms with Gasteiger partial charge in [0.15, 0.2) is 0 Å². The molecule has 9 nitrogen and oxygen atoms in total. The number of ether oxygens (including phenoxy) is 1. The maximum Gasteiger partial charge on any atom is 0.417 e. The van der Waals surface area contributed by atoms with Crippen LogP contribution in [-0.4, -0.2) is 52.7 Å². The van der Waals surface area contributed by atoms with Crippen LogP contribution in [0.5, 0.6) is 5.88 Å². The zero-order chi connectivity index (χ0) is 24.7. The molecule has 0 saturated carbocycles. The van der Waals surface area contributed by atoms with Gasteiger partial charge < -0.3 is 15.0 Å². The second-order valence-corrected chi connectivity index (χ2v) is 8.82. The van der Waals surface area contributed by atoms with E-state index >= 15 is 0 Å². The monoisotopic (exact) mass is 504 g/mol. The lowest BCUT2D eigenvalue weighted by atomic mass is 10.1. The number of anilines is 1. The Morgan fingerprint density at radius 3 is 2.66 bits per heavy atom. The van der Waals surface area contributed by atoms with Gasteiger partial charge in [0.25, 0.3) is 5.69 Å². The molecular weight excluding hydrogens is 485 g/mol. The van der Waals surface area contributed by atoms with Gasteiger partial charge in [0.05, 0.1) is 28.2 Å². The molecule has 0 unspecified atom stereocenters. The van der Waals surface area contributed by atoms with E-state index in [1.165, 1.54) is 24.3 Å². The van der Waals surface area contributed by atoms with Crippen LogP contribution in [0.2, 0.25) is 0 Å². The van der Waals surface area contributed by atoms with Crippen LogP contribution in [0.4, 0.5) is 24.8 Å². The maximum absolute atomic E-state index is 14.3. The third kappa shape index (κ3) is 4.32. The molecule has 35 heavy (non-hydrogen) atoms. The van der Waals surface area contributed by atoms with Gasteiger partial charge in [0.1, 0.15) is 15.0 Å². The van der Waals surface area contributed by atoms with Gasteiger partial charge in [-0.2, -0.15) is 18.2 Å². The predicted molar refractivity (Wildman–Crippen MR) is 126 cm³/mol. The third-order valence-corrected chi connectivity index (χ3v) is 6.64. The number of nitrogens with one attached hydrogen (secondary N) is 1. The van der Waals surface area contributed by atoms with Crippen molar-refractivity contribution in [2.24, 2.45) is 0 Å². The zero-order valence-corrected chi connectivity index (χ0v) is 19.2. The maximum atomic E-state index is 14.3. The topological polar surface area (TPSA) is 106 Å². The Balaban J connectivity index is 1.78. The minimum Gasteiger partial charge on any atom is -0.477 e. The minimum atomic E-state index is -4.71. The summed E-state index contributed by atoms with van der Waals surface area (Å²) < 4.78 is 49.0. The minimum absolute atomic E-state index is 0.0201. The largest absolute Gasteiger partial charge is 0.477 e.